The van der Waals surface area contributed by atoms with Crippen molar-refractivity contribution >= 4 is 28.5 Å². The number of rotatable bonds is 5. The molecule has 1 aliphatic heterocycles. The summed E-state index contributed by atoms with van der Waals surface area (Å²) in [5.74, 6) is -0.397. The van der Waals surface area contributed by atoms with Crippen LogP contribution in [0.5, 0.6) is 0 Å². The van der Waals surface area contributed by atoms with Crippen LogP contribution in [0.2, 0.25) is 0 Å². The largest absolute Gasteiger partial charge is 0.383 e. The highest BCUT2D eigenvalue weighted by Crippen LogP contribution is 2.42. The minimum atomic E-state index is -1.08. The number of carbonyl (C=O) groups excluding carboxylic acids is 1. The standard InChI is InChI=1S/C21H21NO2S2/c23-20(18-8-4-12-25-18)17-15-22(14-16-6-2-1-3-7-16)11-10-21(17,24)19-9-5-13-26-19/h1-9,12-13,17,24H,10-11,14-15H2/t17-,21+/m0/s1. The number of likely N-dealkylation sites (tertiary alicyclic amines) is 1. The Labute approximate surface area is 161 Å². The second kappa shape index (κ2) is 7.45. The number of nitrogens with zero attached hydrogens (tertiary/aromatic N) is 1. The molecule has 5 heteroatoms. The van der Waals surface area contributed by atoms with Gasteiger partial charge in [0.1, 0.15) is 5.60 Å². The third kappa shape index (κ3) is 3.40. The van der Waals surface area contributed by atoms with Crippen LogP contribution < -0.4 is 0 Å². The van der Waals surface area contributed by atoms with Crippen molar-refractivity contribution in [1.82, 2.24) is 4.90 Å². The van der Waals surface area contributed by atoms with Crippen LogP contribution in [-0.4, -0.2) is 28.9 Å². The Morgan fingerprint density at radius 2 is 1.85 bits per heavy atom. The summed E-state index contributed by atoms with van der Waals surface area (Å²) in [4.78, 5) is 17.1. The van der Waals surface area contributed by atoms with Gasteiger partial charge < -0.3 is 5.11 Å². The average Bonchev–Trinajstić information content (AvgIpc) is 3.38. The average molecular weight is 384 g/mol. The fourth-order valence-corrected chi connectivity index (χ4v) is 5.33. The quantitative estimate of drug-likeness (QED) is 0.664. The van der Waals surface area contributed by atoms with E-state index in [2.05, 4.69) is 17.0 Å². The molecule has 1 aromatic carbocycles. The third-order valence-corrected chi connectivity index (χ3v) is 7.02. The first-order chi connectivity index (χ1) is 12.7. The summed E-state index contributed by atoms with van der Waals surface area (Å²) in [5, 5.41) is 15.4. The highest BCUT2D eigenvalue weighted by atomic mass is 32.1. The zero-order chi connectivity index (χ0) is 18.0. The second-order valence-electron chi connectivity index (χ2n) is 6.77. The summed E-state index contributed by atoms with van der Waals surface area (Å²) in [6.45, 7) is 2.15. The van der Waals surface area contributed by atoms with Crippen molar-refractivity contribution in [2.24, 2.45) is 5.92 Å². The Morgan fingerprint density at radius 1 is 1.08 bits per heavy atom. The normalized spacial score (nSPS) is 23.8. The molecule has 1 fully saturated rings. The third-order valence-electron chi connectivity index (χ3n) is 5.10. The number of hydrogen-bond donors (Lipinski definition) is 1. The van der Waals surface area contributed by atoms with Crippen LogP contribution in [0.4, 0.5) is 0 Å². The van der Waals surface area contributed by atoms with E-state index in [9.17, 15) is 9.90 Å². The van der Waals surface area contributed by atoms with Gasteiger partial charge in [0.25, 0.3) is 0 Å². The molecule has 26 heavy (non-hydrogen) atoms. The van der Waals surface area contributed by atoms with Gasteiger partial charge in [-0.25, -0.2) is 0 Å². The molecule has 3 heterocycles. The fraction of sp³-hybridized carbons (Fsp3) is 0.286. The summed E-state index contributed by atoms with van der Waals surface area (Å²) in [7, 11) is 0. The zero-order valence-corrected chi connectivity index (χ0v) is 16.0. The van der Waals surface area contributed by atoms with Crippen LogP contribution in [0.15, 0.2) is 65.4 Å². The Balaban J connectivity index is 1.62. The second-order valence-corrected chi connectivity index (χ2v) is 8.66. The van der Waals surface area contributed by atoms with Crippen molar-refractivity contribution in [2.45, 2.75) is 18.6 Å². The van der Waals surface area contributed by atoms with E-state index >= 15 is 0 Å². The molecule has 3 aromatic rings. The number of ketones is 1. The summed E-state index contributed by atoms with van der Waals surface area (Å²) in [5.41, 5.74) is 0.152. The van der Waals surface area contributed by atoms with Crippen molar-refractivity contribution in [3.8, 4) is 0 Å². The highest BCUT2D eigenvalue weighted by Gasteiger charge is 2.47. The van der Waals surface area contributed by atoms with Gasteiger partial charge in [-0.2, -0.15) is 0 Å². The maximum absolute atomic E-state index is 13.2. The SMILES string of the molecule is O=C(c1cccs1)[C@@H]1CN(Cc2ccccc2)CC[C@]1(O)c1cccs1. The molecule has 0 radical (unpaired) electrons. The minimum absolute atomic E-state index is 0.0497. The smallest absolute Gasteiger partial charge is 0.180 e. The number of thiophene rings is 2. The van der Waals surface area contributed by atoms with Gasteiger partial charge >= 0.3 is 0 Å². The lowest BCUT2D eigenvalue weighted by Gasteiger charge is -2.43. The number of carbonyl (C=O) groups is 1. The van der Waals surface area contributed by atoms with Gasteiger partial charge in [0.2, 0.25) is 0 Å². The number of aliphatic hydroxyl groups is 1. The fourth-order valence-electron chi connectivity index (χ4n) is 3.70. The van der Waals surface area contributed by atoms with Crippen LogP contribution in [0.1, 0.15) is 26.5 Å². The molecular formula is C21H21NO2S2. The van der Waals surface area contributed by atoms with E-state index in [1.54, 1.807) is 0 Å². The van der Waals surface area contributed by atoms with E-state index in [0.29, 0.717) is 13.0 Å². The predicted octanol–water partition coefficient (Wildman–Crippen LogP) is 4.40. The highest BCUT2D eigenvalue weighted by molar-refractivity contribution is 7.12. The van der Waals surface area contributed by atoms with E-state index in [0.717, 1.165) is 22.8 Å². The first-order valence-electron chi connectivity index (χ1n) is 8.77. The maximum atomic E-state index is 13.2. The summed E-state index contributed by atoms with van der Waals surface area (Å²) < 4.78 is 0. The lowest BCUT2D eigenvalue weighted by Crippen LogP contribution is -2.52. The molecule has 0 spiro atoms. The van der Waals surface area contributed by atoms with Gasteiger partial charge in [-0.05, 0) is 34.9 Å². The molecule has 0 saturated carbocycles. The molecule has 1 saturated heterocycles. The van der Waals surface area contributed by atoms with Crippen molar-refractivity contribution in [3.63, 3.8) is 0 Å². The first kappa shape index (κ1) is 17.6. The van der Waals surface area contributed by atoms with E-state index < -0.39 is 11.5 Å². The van der Waals surface area contributed by atoms with Gasteiger partial charge in [-0.15, -0.1) is 22.7 Å². The molecule has 1 aliphatic rings. The molecule has 134 valence electrons. The van der Waals surface area contributed by atoms with Gasteiger partial charge in [-0.1, -0.05) is 42.5 Å². The number of piperidine rings is 1. The van der Waals surface area contributed by atoms with Crippen LogP contribution >= 0.6 is 22.7 Å². The summed E-state index contributed by atoms with van der Waals surface area (Å²) in [6, 6.07) is 18.0. The molecule has 0 unspecified atom stereocenters. The Morgan fingerprint density at radius 3 is 2.54 bits per heavy atom. The molecule has 3 nitrogen and oxygen atoms in total. The van der Waals surface area contributed by atoms with E-state index in [-0.39, 0.29) is 5.78 Å². The van der Waals surface area contributed by atoms with Crippen LogP contribution in [-0.2, 0) is 12.1 Å². The monoisotopic (exact) mass is 383 g/mol. The van der Waals surface area contributed by atoms with Crippen LogP contribution in [0, 0.1) is 5.92 Å². The van der Waals surface area contributed by atoms with E-state index in [1.165, 1.54) is 28.2 Å². The van der Waals surface area contributed by atoms with Crippen LogP contribution in [0.25, 0.3) is 0 Å². The van der Waals surface area contributed by atoms with Crippen molar-refractivity contribution in [1.29, 1.82) is 0 Å². The summed E-state index contributed by atoms with van der Waals surface area (Å²) >= 11 is 2.99. The zero-order valence-electron chi connectivity index (χ0n) is 14.4. The molecule has 2 aromatic heterocycles. The molecule has 0 bridgehead atoms. The lowest BCUT2D eigenvalue weighted by molar-refractivity contribution is -0.0631. The molecule has 4 rings (SSSR count). The van der Waals surface area contributed by atoms with Gasteiger partial charge in [0, 0.05) is 24.5 Å². The van der Waals surface area contributed by atoms with Crippen molar-refractivity contribution in [2.75, 3.05) is 13.1 Å². The van der Waals surface area contributed by atoms with Gasteiger partial charge in [-0.3, -0.25) is 9.69 Å². The predicted molar refractivity (Wildman–Crippen MR) is 107 cm³/mol. The van der Waals surface area contributed by atoms with Gasteiger partial charge in [0.05, 0.1) is 10.8 Å². The molecule has 1 N–H and O–H groups in total. The molecule has 0 aliphatic carbocycles. The molecule has 0 amide bonds. The van der Waals surface area contributed by atoms with E-state index in [4.69, 9.17) is 0 Å². The van der Waals surface area contributed by atoms with Crippen LogP contribution in [0.3, 0.4) is 0 Å². The Bertz CT molecular complexity index is 846. The van der Waals surface area contributed by atoms with Crippen molar-refractivity contribution < 1.29 is 9.90 Å². The minimum Gasteiger partial charge on any atom is -0.383 e. The number of hydrogen-bond acceptors (Lipinski definition) is 5. The number of benzene rings is 1. The molecular weight excluding hydrogens is 362 g/mol. The maximum Gasteiger partial charge on any atom is 0.180 e. The number of Topliss-reactive ketones (excluding diaryl/α,β-unsaturated/α-hetero) is 1. The van der Waals surface area contributed by atoms with E-state index in [1.807, 2.05) is 53.2 Å². The van der Waals surface area contributed by atoms with Gasteiger partial charge in [0.15, 0.2) is 5.78 Å². The Hall–Kier alpha value is -1.79. The Kier molecular flexibility index (Phi) is 5.05. The summed E-state index contributed by atoms with van der Waals surface area (Å²) in [6.07, 6.45) is 0.572. The topological polar surface area (TPSA) is 40.5 Å². The lowest BCUT2D eigenvalue weighted by atomic mass is 9.76. The van der Waals surface area contributed by atoms with Crippen molar-refractivity contribution in [3.05, 3.63) is 80.7 Å². The first-order valence-corrected chi connectivity index (χ1v) is 10.5. The molecule has 2 atom stereocenters.